The van der Waals surface area contributed by atoms with Gasteiger partial charge in [0.2, 0.25) is 0 Å². The summed E-state index contributed by atoms with van der Waals surface area (Å²) in [7, 11) is 0. The Morgan fingerprint density at radius 2 is 1.85 bits per heavy atom. The molecule has 0 aromatic heterocycles. The van der Waals surface area contributed by atoms with E-state index < -0.39 is 34.7 Å². The summed E-state index contributed by atoms with van der Waals surface area (Å²) in [4.78, 5) is 25.2. The second-order valence-corrected chi connectivity index (χ2v) is 4.96. The zero-order valence-electron chi connectivity index (χ0n) is 11.4. The van der Waals surface area contributed by atoms with Crippen LogP contribution in [0.2, 0.25) is 0 Å². The van der Waals surface area contributed by atoms with Gasteiger partial charge in [-0.1, -0.05) is 19.4 Å². The number of urea groups is 1. The summed E-state index contributed by atoms with van der Waals surface area (Å²) in [6, 6.07) is 2.73. The molecule has 1 aromatic rings. The van der Waals surface area contributed by atoms with Crippen LogP contribution in [0.5, 0.6) is 0 Å². The van der Waals surface area contributed by atoms with Crippen LogP contribution in [-0.4, -0.2) is 23.4 Å². The Hall–Kier alpha value is -1.98. The van der Waals surface area contributed by atoms with Gasteiger partial charge in [0, 0.05) is 6.54 Å². The zero-order valence-corrected chi connectivity index (χ0v) is 11.4. The highest BCUT2D eigenvalue weighted by molar-refractivity contribution is 6.07. The topological polar surface area (TPSA) is 49.4 Å². The lowest BCUT2D eigenvalue weighted by Crippen LogP contribution is -2.42. The Kier molecular flexibility index (Phi) is 3.74. The maximum atomic E-state index is 13.9. The summed E-state index contributed by atoms with van der Waals surface area (Å²) in [5.74, 6) is -2.32. The van der Waals surface area contributed by atoms with Crippen LogP contribution in [0.25, 0.3) is 0 Å². The Morgan fingerprint density at radius 1 is 1.25 bits per heavy atom. The van der Waals surface area contributed by atoms with Crippen LogP contribution >= 0.6 is 0 Å². The molecular weight excluding hydrogens is 266 g/mol. The van der Waals surface area contributed by atoms with E-state index in [0.29, 0.717) is 6.42 Å². The minimum Gasteiger partial charge on any atom is -0.319 e. The smallest absolute Gasteiger partial charge is 0.319 e. The molecule has 1 aliphatic rings. The molecule has 0 spiro atoms. The first-order chi connectivity index (χ1) is 9.41. The second-order valence-electron chi connectivity index (χ2n) is 4.96. The molecule has 2 rings (SSSR count). The van der Waals surface area contributed by atoms with E-state index in [1.807, 2.05) is 6.92 Å². The molecule has 1 aliphatic heterocycles. The quantitative estimate of drug-likeness (QED) is 0.863. The number of benzene rings is 1. The van der Waals surface area contributed by atoms with E-state index in [0.717, 1.165) is 23.5 Å². The molecule has 1 aromatic carbocycles. The number of hydrogen-bond donors (Lipinski definition) is 1. The highest BCUT2D eigenvalue weighted by Gasteiger charge is 2.51. The molecule has 1 heterocycles. The van der Waals surface area contributed by atoms with E-state index >= 15 is 0 Å². The molecule has 1 atom stereocenters. The van der Waals surface area contributed by atoms with Crippen molar-refractivity contribution >= 4 is 11.9 Å². The summed E-state index contributed by atoms with van der Waals surface area (Å²) in [5.41, 5.74) is -2.11. The van der Waals surface area contributed by atoms with E-state index in [1.54, 1.807) is 0 Å². The maximum Gasteiger partial charge on any atom is 0.325 e. The summed E-state index contributed by atoms with van der Waals surface area (Å²) < 4.78 is 27.7. The average Bonchev–Trinajstić information content (AvgIpc) is 2.58. The molecule has 3 amide bonds. The number of carbonyl (C=O) groups is 2. The first kappa shape index (κ1) is 14.4. The number of carbonyl (C=O) groups excluding carboxylic acids is 2. The van der Waals surface area contributed by atoms with Gasteiger partial charge in [0.1, 0.15) is 17.2 Å². The van der Waals surface area contributed by atoms with Crippen LogP contribution in [0.4, 0.5) is 13.6 Å². The van der Waals surface area contributed by atoms with E-state index in [4.69, 9.17) is 0 Å². The Bertz CT molecular complexity index is 542. The molecule has 1 N–H and O–H groups in total. The summed E-state index contributed by atoms with van der Waals surface area (Å²) in [6.07, 6.45) is 1.46. The first-order valence-corrected chi connectivity index (χ1v) is 6.50. The number of hydrogen-bond acceptors (Lipinski definition) is 2. The van der Waals surface area contributed by atoms with Crippen molar-refractivity contribution < 1.29 is 18.4 Å². The van der Waals surface area contributed by atoms with Gasteiger partial charge in [-0.25, -0.2) is 13.6 Å². The molecule has 1 unspecified atom stereocenters. The van der Waals surface area contributed by atoms with Crippen molar-refractivity contribution in [1.82, 2.24) is 10.2 Å². The predicted octanol–water partition coefficient (Wildman–Crippen LogP) is 2.53. The van der Waals surface area contributed by atoms with E-state index in [2.05, 4.69) is 5.32 Å². The second kappa shape index (κ2) is 5.19. The molecule has 0 saturated carbocycles. The number of imide groups is 1. The van der Waals surface area contributed by atoms with Crippen molar-refractivity contribution in [2.75, 3.05) is 6.54 Å². The van der Waals surface area contributed by atoms with Crippen molar-refractivity contribution in [1.29, 1.82) is 0 Å². The third-order valence-electron chi connectivity index (χ3n) is 3.47. The van der Waals surface area contributed by atoms with Crippen molar-refractivity contribution in [2.45, 2.75) is 32.2 Å². The lowest BCUT2D eigenvalue weighted by atomic mass is 9.91. The van der Waals surface area contributed by atoms with Gasteiger partial charge in [0.25, 0.3) is 5.91 Å². The Balaban J connectivity index is 2.41. The van der Waals surface area contributed by atoms with E-state index in [-0.39, 0.29) is 6.54 Å². The zero-order chi connectivity index (χ0) is 14.9. The molecule has 20 heavy (non-hydrogen) atoms. The van der Waals surface area contributed by atoms with Crippen molar-refractivity contribution in [3.63, 3.8) is 0 Å². The fourth-order valence-electron chi connectivity index (χ4n) is 2.36. The van der Waals surface area contributed by atoms with Crippen LogP contribution in [0.15, 0.2) is 18.2 Å². The summed E-state index contributed by atoms with van der Waals surface area (Å²) >= 11 is 0. The van der Waals surface area contributed by atoms with Gasteiger partial charge < -0.3 is 5.32 Å². The maximum absolute atomic E-state index is 13.9. The van der Waals surface area contributed by atoms with Crippen molar-refractivity contribution in [2.24, 2.45) is 0 Å². The van der Waals surface area contributed by atoms with Crippen LogP contribution in [0.1, 0.15) is 32.3 Å². The standard InChI is InChI=1S/C14H16F2N2O2/c1-3-4-8-18-12(19)14(2,17-13(18)20)11-9(15)6-5-7-10(11)16/h5-7H,3-4,8H2,1-2H3,(H,17,20). The Morgan fingerprint density at radius 3 is 2.40 bits per heavy atom. The van der Waals surface area contributed by atoms with Crippen LogP contribution in [-0.2, 0) is 10.3 Å². The molecule has 0 aliphatic carbocycles. The number of nitrogens with one attached hydrogen (secondary N) is 1. The summed E-state index contributed by atoms with van der Waals surface area (Å²) in [6.45, 7) is 3.49. The number of nitrogens with zero attached hydrogens (tertiary/aromatic N) is 1. The van der Waals surface area contributed by atoms with E-state index in [9.17, 15) is 18.4 Å². The first-order valence-electron chi connectivity index (χ1n) is 6.50. The number of halogens is 2. The summed E-state index contributed by atoms with van der Waals surface area (Å²) in [5, 5.41) is 2.39. The number of unbranched alkanes of at least 4 members (excludes halogenated alkanes) is 1. The molecule has 4 nitrogen and oxygen atoms in total. The van der Waals surface area contributed by atoms with Crippen LogP contribution in [0.3, 0.4) is 0 Å². The van der Waals surface area contributed by atoms with E-state index in [1.165, 1.54) is 13.0 Å². The predicted molar refractivity (Wildman–Crippen MR) is 68.9 cm³/mol. The molecule has 0 bridgehead atoms. The fourth-order valence-corrected chi connectivity index (χ4v) is 2.36. The molecule has 6 heteroatoms. The largest absolute Gasteiger partial charge is 0.325 e. The van der Waals surface area contributed by atoms with Gasteiger partial charge >= 0.3 is 6.03 Å². The minimum absolute atomic E-state index is 0.243. The fraction of sp³-hybridized carbons (Fsp3) is 0.429. The molecular formula is C14H16F2N2O2. The lowest BCUT2D eigenvalue weighted by Gasteiger charge is -2.23. The number of rotatable bonds is 4. The van der Waals surface area contributed by atoms with Gasteiger partial charge in [0.15, 0.2) is 0 Å². The average molecular weight is 282 g/mol. The third kappa shape index (κ3) is 2.15. The van der Waals surface area contributed by atoms with Gasteiger partial charge in [-0.2, -0.15) is 0 Å². The van der Waals surface area contributed by atoms with Gasteiger partial charge in [-0.05, 0) is 25.5 Å². The monoisotopic (exact) mass is 282 g/mol. The highest BCUT2D eigenvalue weighted by Crippen LogP contribution is 2.32. The normalized spacial score (nSPS) is 22.3. The van der Waals surface area contributed by atoms with Crippen molar-refractivity contribution in [3.8, 4) is 0 Å². The molecule has 0 radical (unpaired) electrons. The highest BCUT2D eigenvalue weighted by atomic mass is 19.1. The molecule has 108 valence electrons. The molecule has 1 saturated heterocycles. The SMILES string of the molecule is CCCCN1C(=O)NC(C)(c2c(F)cccc2F)C1=O. The molecule has 1 fully saturated rings. The minimum atomic E-state index is -1.69. The van der Waals surface area contributed by atoms with Crippen LogP contribution in [0, 0.1) is 11.6 Å². The van der Waals surface area contributed by atoms with Gasteiger partial charge in [-0.3, -0.25) is 9.69 Å². The van der Waals surface area contributed by atoms with Gasteiger partial charge in [0.05, 0.1) is 5.56 Å². The van der Waals surface area contributed by atoms with Gasteiger partial charge in [-0.15, -0.1) is 0 Å². The lowest BCUT2D eigenvalue weighted by molar-refractivity contribution is -0.131. The van der Waals surface area contributed by atoms with Crippen molar-refractivity contribution in [3.05, 3.63) is 35.4 Å². The third-order valence-corrected chi connectivity index (χ3v) is 3.47. The Labute approximate surface area is 115 Å². The number of amides is 3. The van der Waals surface area contributed by atoms with Crippen LogP contribution < -0.4 is 5.32 Å².